The minimum absolute atomic E-state index is 0.606. The molecule has 1 fully saturated rings. The Kier molecular flexibility index (Phi) is 2.44. The Balaban J connectivity index is 2.27. The summed E-state index contributed by atoms with van der Waals surface area (Å²) in [5.41, 5.74) is 0. The molecule has 0 saturated heterocycles. The van der Waals surface area contributed by atoms with Crippen molar-refractivity contribution >= 4 is 5.95 Å². The lowest BCUT2D eigenvalue weighted by molar-refractivity contribution is 0.496. The van der Waals surface area contributed by atoms with E-state index in [1.807, 2.05) is 14.1 Å². The topological polar surface area (TPSA) is 42.7 Å². The summed E-state index contributed by atoms with van der Waals surface area (Å²) in [6.07, 6.45) is 3.91. The Morgan fingerprint density at radius 1 is 1.36 bits per heavy atom. The molecule has 1 saturated carbocycles. The van der Waals surface area contributed by atoms with Crippen LogP contribution in [-0.2, 0) is 7.05 Å². The number of hydrogen-bond donors (Lipinski definition) is 1. The minimum Gasteiger partial charge on any atom is -0.357 e. The minimum atomic E-state index is 0.606. The number of hydrogen-bond acceptors (Lipinski definition) is 3. The maximum absolute atomic E-state index is 4.27. The van der Waals surface area contributed by atoms with Gasteiger partial charge in [0, 0.05) is 20.0 Å². The first-order valence-electron chi connectivity index (χ1n) is 5.31. The van der Waals surface area contributed by atoms with Crippen molar-refractivity contribution in [1.29, 1.82) is 0 Å². The summed E-state index contributed by atoms with van der Waals surface area (Å²) in [6.45, 7) is 2.31. The molecule has 0 aliphatic heterocycles. The molecule has 2 unspecified atom stereocenters. The van der Waals surface area contributed by atoms with Crippen molar-refractivity contribution in [3.8, 4) is 0 Å². The van der Waals surface area contributed by atoms with Gasteiger partial charge in [-0.3, -0.25) is 0 Å². The van der Waals surface area contributed by atoms with Crippen LogP contribution in [0.5, 0.6) is 0 Å². The quantitative estimate of drug-likeness (QED) is 0.780. The molecule has 1 aliphatic rings. The highest BCUT2D eigenvalue weighted by atomic mass is 15.3. The zero-order valence-electron chi connectivity index (χ0n) is 9.12. The lowest BCUT2D eigenvalue weighted by Gasteiger charge is -2.14. The van der Waals surface area contributed by atoms with E-state index in [4.69, 9.17) is 0 Å². The molecular formula is C10H18N4. The van der Waals surface area contributed by atoms with Gasteiger partial charge in [0.2, 0.25) is 5.95 Å². The van der Waals surface area contributed by atoms with Crippen molar-refractivity contribution in [2.24, 2.45) is 13.0 Å². The third-order valence-corrected chi connectivity index (χ3v) is 3.33. The van der Waals surface area contributed by atoms with Crippen LogP contribution in [-0.4, -0.2) is 21.8 Å². The summed E-state index contributed by atoms with van der Waals surface area (Å²) in [6, 6.07) is 0. The molecule has 0 radical (unpaired) electrons. The molecule has 0 spiro atoms. The first kappa shape index (κ1) is 9.49. The Hall–Kier alpha value is -1.06. The molecule has 14 heavy (non-hydrogen) atoms. The first-order chi connectivity index (χ1) is 6.74. The monoisotopic (exact) mass is 194 g/mol. The lowest BCUT2D eigenvalue weighted by atomic mass is 9.97. The summed E-state index contributed by atoms with van der Waals surface area (Å²) < 4.78 is 2.08. The smallest absolute Gasteiger partial charge is 0.224 e. The molecule has 1 aromatic rings. The predicted molar refractivity (Wildman–Crippen MR) is 56.3 cm³/mol. The molecule has 1 aliphatic carbocycles. The fraction of sp³-hybridized carbons (Fsp3) is 0.800. The summed E-state index contributed by atoms with van der Waals surface area (Å²) in [7, 11) is 3.91. The van der Waals surface area contributed by atoms with E-state index in [1.165, 1.54) is 19.3 Å². The molecule has 0 amide bonds. The standard InChI is InChI=1S/C10H18N4/c1-7-5-4-6-8(7)9-12-13-10(11-2)14(9)3/h7-8H,4-6H2,1-3H3,(H,11,13). The van der Waals surface area contributed by atoms with Crippen LogP contribution in [0.4, 0.5) is 5.95 Å². The average molecular weight is 194 g/mol. The van der Waals surface area contributed by atoms with E-state index in [2.05, 4.69) is 27.0 Å². The number of nitrogens with one attached hydrogen (secondary N) is 1. The van der Waals surface area contributed by atoms with Crippen molar-refractivity contribution in [2.45, 2.75) is 32.1 Å². The molecule has 4 heteroatoms. The van der Waals surface area contributed by atoms with Gasteiger partial charge < -0.3 is 9.88 Å². The summed E-state index contributed by atoms with van der Waals surface area (Å²) in [5, 5.41) is 11.4. The van der Waals surface area contributed by atoms with Gasteiger partial charge in [0.25, 0.3) is 0 Å². The Bertz CT molecular complexity index is 318. The molecule has 78 valence electrons. The fourth-order valence-electron chi connectivity index (χ4n) is 2.41. The highest BCUT2D eigenvalue weighted by Gasteiger charge is 2.29. The Morgan fingerprint density at radius 3 is 2.64 bits per heavy atom. The molecule has 1 heterocycles. The van der Waals surface area contributed by atoms with Gasteiger partial charge in [-0.05, 0) is 18.8 Å². The average Bonchev–Trinajstić information content (AvgIpc) is 2.72. The van der Waals surface area contributed by atoms with E-state index in [-0.39, 0.29) is 0 Å². The molecule has 4 nitrogen and oxygen atoms in total. The van der Waals surface area contributed by atoms with E-state index in [9.17, 15) is 0 Å². The first-order valence-corrected chi connectivity index (χ1v) is 5.31. The molecular weight excluding hydrogens is 176 g/mol. The fourth-order valence-corrected chi connectivity index (χ4v) is 2.41. The third kappa shape index (κ3) is 1.38. The second kappa shape index (κ2) is 3.59. The van der Waals surface area contributed by atoms with Crippen molar-refractivity contribution in [3.63, 3.8) is 0 Å². The van der Waals surface area contributed by atoms with Crippen LogP contribution in [0, 0.1) is 5.92 Å². The maximum atomic E-state index is 4.27. The number of aromatic nitrogens is 3. The summed E-state index contributed by atoms with van der Waals surface area (Å²) in [5.74, 6) is 3.36. The van der Waals surface area contributed by atoms with Gasteiger partial charge >= 0.3 is 0 Å². The van der Waals surface area contributed by atoms with Crippen molar-refractivity contribution in [2.75, 3.05) is 12.4 Å². The van der Waals surface area contributed by atoms with Crippen molar-refractivity contribution in [3.05, 3.63) is 5.82 Å². The van der Waals surface area contributed by atoms with Gasteiger partial charge in [-0.25, -0.2) is 0 Å². The molecule has 1 aromatic heterocycles. The van der Waals surface area contributed by atoms with Crippen LogP contribution in [0.2, 0.25) is 0 Å². The van der Waals surface area contributed by atoms with Gasteiger partial charge in [-0.15, -0.1) is 10.2 Å². The zero-order valence-corrected chi connectivity index (χ0v) is 9.12. The Labute approximate surface area is 84.7 Å². The number of anilines is 1. The number of nitrogens with zero attached hydrogens (tertiary/aromatic N) is 3. The van der Waals surface area contributed by atoms with Crippen molar-refractivity contribution in [1.82, 2.24) is 14.8 Å². The van der Waals surface area contributed by atoms with Crippen LogP contribution >= 0.6 is 0 Å². The normalized spacial score (nSPS) is 26.8. The molecule has 0 aromatic carbocycles. The zero-order chi connectivity index (χ0) is 10.1. The summed E-state index contributed by atoms with van der Waals surface area (Å²) in [4.78, 5) is 0. The highest BCUT2D eigenvalue weighted by molar-refractivity contribution is 5.25. The second-order valence-electron chi connectivity index (χ2n) is 4.21. The van der Waals surface area contributed by atoms with E-state index < -0.39 is 0 Å². The molecule has 0 bridgehead atoms. The Morgan fingerprint density at radius 2 is 2.14 bits per heavy atom. The molecule has 2 atom stereocenters. The number of rotatable bonds is 2. The van der Waals surface area contributed by atoms with E-state index in [0.29, 0.717) is 5.92 Å². The van der Waals surface area contributed by atoms with Crippen molar-refractivity contribution < 1.29 is 0 Å². The van der Waals surface area contributed by atoms with Gasteiger partial charge in [-0.2, -0.15) is 0 Å². The van der Waals surface area contributed by atoms with E-state index in [1.54, 1.807) is 0 Å². The predicted octanol–water partition coefficient (Wildman–Crippen LogP) is 1.76. The van der Waals surface area contributed by atoms with Gasteiger partial charge in [0.1, 0.15) is 5.82 Å². The van der Waals surface area contributed by atoms with Crippen LogP contribution in [0.3, 0.4) is 0 Å². The van der Waals surface area contributed by atoms with E-state index in [0.717, 1.165) is 17.7 Å². The van der Waals surface area contributed by atoms with Crippen LogP contribution in [0.1, 0.15) is 37.9 Å². The van der Waals surface area contributed by atoms with Crippen LogP contribution in [0.25, 0.3) is 0 Å². The largest absolute Gasteiger partial charge is 0.357 e. The third-order valence-electron chi connectivity index (χ3n) is 3.33. The second-order valence-corrected chi connectivity index (χ2v) is 4.21. The maximum Gasteiger partial charge on any atom is 0.224 e. The van der Waals surface area contributed by atoms with Gasteiger partial charge in [0.05, 0.1) is 0 Å². The van der Waals surface area contributed by atoms with Crippen LogP contribution < -0.4 is 5.32 Å². The van der Waals surface area contributed by atoms with E-state index >= 15 is 0 Å². The summed E-state index contributed by atoms with van der Waals surface area (Å²) >= 11 is 0. The van der Waals surface area contributed by atoms with Gasteiger partial charge in [0.15, 0.2) is 0 Å². The highest BCUT2D eigenvalue weighted by Crippen LogP contribution is 2.38. The van der Waals surface area contributed by atoms with Crippen LogP contribution in [0.15, 0.2) is 0 Å². The molecule has 1 N–H and O–H groups in total. The SMILES string of the molecule is CNc1nnc(C2CCCC2C)n1C. The van der Waals surface area contributed by atoms with Gasteiger partial charge in [-0.1, -0.05) is 13.3 Å². The lowest BCUT2D eigenvalue weighted by Crippen LogP contribution is -2.10. The molecule has 2 rings (SSSR count).